The molecule has 0 aromatic heterocycles. The van der Waals surface area contributed by atoms with E-state index in [0.29, 0.717) is 6.92 Å². The van der Waals surface area contributed by atoms with E-state index in [9.17, 15) is 6.17 Å². The Labute approximate surface area is 170 Å². The van der Waals surface area contributed by atoms with Crippen LogP contribution in [0.25, 0.3) is 0 Å². The monoisotopic (exact) mass is 349 g/mol. The van der Waals surface area contributed by atoms with Crippen molar-refractivity contribution < 1.29 is 38.9 Å². The van der Waals surface area contributed by atoms with Gasteiger partial charge in [-0.05, 0) is 41.9 Å². The molecule has 132 valence electrons. The van der Waals surface area contributed by atoms with Crippen molar-refractivity contribution in [2.45, 2.75) is 45.3 Å². The van der Waals surface area contributed by atoms with Crippen LogP contribution in [-0.2, 0) is 11.2 Å². The lowest BCUT2D eigenvalue weighted by Gasteiger charge is -2.43. The molecular weight excluding hydrogens is 302 g/mol. The van der Waals surface area contributed by atoms with E-state index in [1.54, 1.807) is 0 Å². The van der Waals surface area contributed by atoms with Gasteiger partial charge in [0.1, 0.15) is 5.78 Å². The number of aryl methyl sites for hydroxylation is 1. The minimum atomic E-state index is -3.89. The highest BCUT2D eigenvalue weighted by atomic mass is 16.5. The number of methoxy groups -OCH3 is 2. The summed E-state index contributed by atoms with van der Waals surface area (Å²) in [5.74, 6) is -9.20. The molecule has 0 aliphatic carbocycles. The minimum absolute atomic E-state index is 0.0734. The highest BCUT2D eigenvalue weighted by Crippen LogP contribution is 2.42. The van der Waals surface area contributed by atoms with Crippen LogP contribution in [0, 0.1) is 11.8 Å². The SMILES string of the molecule is [2H]C([2H])([2H])Oc1cc2c(cc1OC)C([2H])([2H])C([2H])([2H])N1C2([2H])CC(=O)C(C([2H])([2H])C([2H])(C([2H])([2H])[2H])C([2H])([2H])C)C1([2H])[2H]. The van der Waals surface area contributed by atoms with Gasteiger partial charge in [-0.2, -0.15) is 0 Å². The zero-order chi connectivity index (χ0) is 33.1. The third-order valence-corrected chi connectivity index (χ3v) is 3.76. The Balaban J connectivity index is 2.41. The van der Waals surface area contributed by atoms with Crippen LogP contribution in [0.2, 0.25) is 0 Å². The zero-order valence-electron chi connectivity index (χ0n) is 31.1. The molecule has 0 spiro atoms. The van der Waals surface area contributed by atoms with Crippen molar-refractivity contribution in [3.8, 4) is 11.5 Å². The lowest BCUT2D eigenvalue weighted by Crippen LogP contribution is -2.46. The van der Waals surface area contributed by atoms with E-state index in [2.05, 4.69) is 0 Å². The number of hydrogen-bond acceptors (Lipinski definition) is 4. The summed E-state index contributed by atoms with van der Waals surface area (Å²) in [5.41, 5.74) is -1.24. The Morgan fingerprint density at radius 3 is 3.08 bits per heavy atom. The molecule has 0 N–H and O–H groups in total. The van der Waals surface area contributed by atoms with Crippen LogP contribution < -0.4 is 9.47 Å². The first-order valence-corrected chi connectivity index (χ1v) is 7.12. The molecule has 1 fully saturated rings. The molecule has 1 saturated heterocycles. The number of fused-ring (bicyclic) bond motifs is 3. The standard InChI is InChI=1S/C20H29NO3/c1-5-13(2)8-15-12-21-7-6-14-9-19(23-3)20(24-4)10-16(14)17(21)11-18(15)22/h9-10,13,15,17H,5-8,11-12H2,1-4H3/i2D3,4D3,5D2,6D2,7D2,8D2,12D2,13D,17D. The summed E-state index contributed by atoms with van der Waals surface area (Å²) in [7, 11) is -2.02. The van der Waals surface area contributed by atoms with Crippen molar-refractivity contribution >= 4 is 5.78 Å². The minimum Gasteiger partial charge on any atom is -0.493 e. The first kappa shape index (κ1) is 5.73. The lowest BCUT2D eigenvalue weighted by molar-refractivity contribution is -0.129. The van der Waals surface area contributed by atoms with Gasteiger partial charge in [-0.15, -0.1) is 0 Å². The number of hydrogen-bond donors (Lipinski definition) is 0. The van der Waals surface area contributed by atoms with Gasteiger partial charge in [0, 0.05) is 50.5 Å². The fourth-order valence-corrected chi connectivity index (χ4v) is 2.53. The highest BCUT2D eigenvalue weighted by molar-refractivity contribution is 5.83. The number of benzene rings is 1. The maximum atomic E-state index is 13.7. The Hall–Kier alpha value is -1.55. The number of rotatable bonds is 5. The second-order valence-electron chi connectivity index (χ2n) is 5.14. The van der Waals surface area contributed by atoms with E-state index in [-0.39, 0.29) is 10.6 Å². The first-order chi connectivity index (χ1) is 18.4. The summed E-state index contributed by atoms with van der Waals surface area (Å²) in [6, 6.07) is -1.26. The number of piperidine rings is 1. The molecule has 0 bridgehead atoms. The predicted octanol–water partition coefficient (Wildman–Crippen LogP) is 3.63. The van der Waals surface area contributed by atoms with Crippen LogP contribution >= 0.6 is 0 Å². The lowest BCUT2D eigenvalue weighted by atomic mass is 9.79. The van der Waals surface area contributed by atoms with Crippen molar-refractivity contribution in [3.63, 3.8) is 0 Å². The van der Waals surface area contributed by atoms with Gasteiger partial charge in [-0.1, -0.05) is 20.1 Å². The number of carbonyl (C=O) groups is 1. The van der Waals surface area contributed by atoms with Crippen molar-refractivity contribution in [1.29, 1.82) is 0 Å². The van der Waals surface area contributed by atoms with Crippen molar-refractivity contribution in [2.75, 3.05) is 27.1 Å². The van der Waals surface area contributed by atoms with Crippen molar-refractivity contribution in [3.05, 3.63) is 23.3 Å². The zero-order valence-corrected chi connectivity index (χ0v) is 13.1. The number of ketones is 1. The molecule has 4 heteroatoms. The molecule has 4 nitrogen and oxygen atoms in total. The molecule has 2 heterocycles. The van der Waals surface area contributed by atoms with E-state index in [0.717, 1.165) is 19.2 Å². The van der Waals surface area contributed by atoms with E-state index < -0.39 is 92.9 Å². The predicted molar refractivity (Wildman–Crippen MR) is 94.8 cm³/mol. The van der Waals surface area contributed by atoms with Crippen LogP contribution in [0.4, 0.5) is 0 Å². The van der Waals surface area contributed by atoms with Gasteiger partial charge in [-0.25, -0.2) is 0 Å². The van der Waals surface area contributed by atoms with Gasteiger partial charge < -0.3 is 9.47 Å². The molecule has 2 aliphatic heterocycles. The average Bonchev–Trinajstić information content (AvgIpc) is 2.72. The maximum absolute atomic E-state index is 13.7. The first-order valence-electron chi connectivity index (χ1n) is 16.1. The number of nitrogens with zero attached hydrogens (tertiary/aromatic N) is 1. The summed E-state index contributed by atoms with van der Waals surface area (Å²) in [6.45, 7) is -10.6. The number of Topliss-reactive ketones (excluding diaryl/α,β-unsaturated/α-hetero) is 1. The summed E-state index contributed by atoms with van der Waals surface area (Å²) >= 11 is 0. The van der Waals surface area contributed by atoms with E-state index in [1.807, 2.05) is 0 Å². The number of carbonyl (C=O) groups excluding carboxylic acids is 1. The molecule has 0 amide bonds. The third kappa shape index (κ3) is 3.16. The second kappa shape index (κ2) is 7.14. The molecule has 0 saturated carbocycles. The summed E-state index contributed by atoms with van der Waals surface area (Å²) in [4.78, 5) is 13.6. The van der Waals surface area contributed by atoms with E-state index in [1.165, 1.54) is 0 Å². The second-order valence-corrected chi connectivity index (χ2v) is 5.14. The Morgan fingerprint density at radius 2 is 2.38 bits per heavy atom. The van der Waals surface area contributed by atoms with Gasteiger partial charge in [0.05, 0.1) is 19.6 Å². The van der Waals surface area contributed by atoms with Crippen LogP contribution in [0.1, 0.15) is 74.8 Å². The third-order valence-electron chi connectivity index (χ3n) is 3.76. The summed E-state index contributed by atoms with van der Waals surface area (Å²) < 4.78 is 159. The Kier molecular flexibility index (Phi) is 1.70. The van der Waals surface area contributed by atoms with Crippen molar-refractivity contribution in [1.82, 2.24) is 4.90 Å². The molecule has 1 aromatic carbocycles. The Morgan fingerprint density at radius 1 is 1.54 bits per heavy atom. The molecule has 3 atom stereocenters. The molecule has 24 heavy (non-hydrogen) atoms. The van der Waals surface area contributed by atoms with Crippen LogP contribution in [0.15, 0.2) is 12.1 Å². The molecule has 3 rings (SSSR count). The smallest absolute Gasteiger partial charge is 0.161 e. The van der Waals surface area contributed by atoms with Crippen LogP contribution in [-0.4, -0.2) is 37.8 Å². The van der Waals surface area contributed by atoms with Gasteiger partial charge in [-0.3, -0.25) is 9.69 Å². The van der Waals surface area contributed by atoms with Crippen molar-refractivity contribution in [2.24, 2.45) is 11.8 Å². The molecule has 3 unspecified atom stereocenters. The van der Waals surface area contributed by atoms with Gasteiger partial charge in [0.2, 0.25) is 0 Å². The molecular formula is C20H29NO3. The molecule has 1 aromatic rings. The van der Waals surface area contributed by atoms with E-state index in [4.69, 9.17) is 32.8 Å². The van der Waals surface area contributed by atoms with Crippen LogP contribution in [0.5, 0.6) is 11.5 Å². The fourth-order valence-electron chi connectivity index (χ4n) is 2.53. The van der Waals surface area contributed by atoms with Gasteiger partial charge in [0.25, 0.3) is 0 Å². The summed E-state index contributed by atoms with van der Waals surface area (Å²) in [6.07, 6.45) is -11.7. The topological polar surface area (TPSA) is 38.8 Å². The van der Waals surface area contributed by atoms with Gasteiger partial charge >= 0.3 is 0 Å². The van der Waals surface area contributed by atoms with Gasteiger partial charge in [0.15, 0.2) is 11.5 Å². The largest absolute Gasteiger partial charge is 0.493 e. The maximum Gasteiger partial charge on any atom is 0.161 e. The fraction of sp³-hybridized carbons (Fsp3) is 0.650. The average molecular weight is 350 g/mol. The van der Waals surface area contributed by atoms with Crippen LogP contribution in [0.3, 0.4) is 0 Å². The number of ether oxygens (including phenoxy) is 2. The normalized spacial score (nSPS) is 48.9. The highest BCUT2D eigenvalue weighted by Gasteiger charge is 2.38. The molecule has 0 radical (unpaired) electrons. The molecule has 2 aliphatic rings. The van der Waals surface area contributed by atoms with E-state index >= 15 is 0 Å². The quantitative estimate of drug-likeness (QED) is 0.814. The Bertz CT molecular complexity index is 1250. The summed E-state index contributed by atoms with van der Waals surface area (Å²) in [5, 5.41) is 0.